The molecule has 1 aromatic rings. The van der Waals surface area contributed by atoms with Crippen molar-refractivity contribution < 1.29 is 4.74 Å². The standard InChI is InChI=1S/C13H16O/c1-4-7-11-9-6-10-12(8-5-2)13(11)14-3/h4-6,9-10H,1-2,7-8H2,3H3. The summed E-state index contributed by atoms with van der Waals surface area (Å²) in [5.74, 6) is 0.965. The highest BCUT2D eigenvalue weighted by molar-refractivity contribution is 5.43. The van der Waals surface area contributed by atoms with E-state index in [1.807, 2.05) is 18.2 Å². The Balaban J connectivity index is 3.09. The molecule has 0 saturated carbocycles. The van der Waals surface area contributed by atoms with Gasteiger partial charge in [0.15, 0.2) is 0 Å². The van der Waals surface area contributed by atoms with Crippen LogP contribution >= 0.6 is 0 Å². The highest BCUT2D eigenvalue weighted by Crippen LogP contribution is 2.25. The summed E-state index contributed by atoms with van der Waals surface area (Å²) >= 11 is 0. The Bertz CT molecular complexity index is 298. The molecule has 0 radical (unpaired) electrons. The zero-order chi connectivity index (χ0) is 10.4. The number of benzene rings is 1. The van der Waals surface area contributed by atoms with Crippen LogP contribution in [-0.2, 0) is 12.8 Å². The van der Waals surface area contributed by atoms with Gasteiger partial charge in [0.05, 0.1) is 7.11 Å². The zero-order valence-electron chi connectivity index (χ0n) is 8.62. The Hall–Kier alpha value is -1.50. The average molecular weight is 188 g/mol. The molecule has 1 heteroatoms. The van der Waals surface area contributed by atoms with Gasteiger partial charge in [-0.3, -0.25) is 0 Å². The Morgan fingerprint density at radius 1 is 1.14 bits per heavy atom. The van der Waals surface area contributed by atoms with E-state index in [-0.39, 0.29) is 0 Å². The van der Waals surface area contributed by atoms with Crippen molar-refractivity contribution in [2.24, 2.45) is 0 Å². The minimum Gasteiger partial charge on any atom is -0.496 e. The zero-order valence-corrected chi connectivity index (χ0v) is 8.62. The number of allylic oxidation sites excluding steroid dienone is 2. The third-order valence-electron chi connectivity index (χ3n) is 2.11. The number of para-hydroxylation sites is 1. The first-order chi connectivity index (χ1) is 6.83. The molecule has 0 spiro atoms. The smallest absolute Gasteiger partial charge is 0.125 e. The molecule has 0 aliphatic heterocycles. The SMILES string of the molecule is C=CCc1cccc(CC=C)c1OC. The maximum atomic E-state index is 5.39. The second-order valence-corrected chi connectivity index (χ2v) is 3.10. The maximum absolute atomic E-state index is 5.39. The van der Waals surface area contributed by atoms with Crippen LogP contribution in [0.1, 0.15) is 11.1 Å². The minimum absolute atomic E-state index is 0.841. The largest absolute Gasteiger partial charge is 0.496 e. The highest BCUT2D eigenvalue weighted by atomic mass is 16.5. The minimum atomic E-state index is 0.841. The Morgan fingerprint density at radius 2 is 1.64 bits per heavy atom. The van der Waals surface area contributed by atoms with E-state index in [4.69, 9.17) is 4.74 Å². The van der Waals surface area contributed by atoms with E-state index in [1.54, 1.807) is 7.11 Å². The van der Waals surface area contributed by atoms with E-state index in [0.29, 0.717) is 0 Å². The van der Waals surface area contributed by atoms with E-state index < -0.39 is 0 Å². The van der Waals surface area contributed by atoms with Crippen LogP contribution in [0.4, 0.5) is 0 Å². The fraction of sp³-hybridized carbons (Fsp3) is 0.231. The van der Waals surface area contributed by atoms with E-state index >= 15 is 0 Å². The Kier molecular flexibility index (Phi) is 3.99. The summed E-state index contributed by atoms with van der Waals surface area (Å²) < 4.78 is 5.39. The van der Waals surface area contributed by atoms with Crippen LogP contribution in [-0.4, -0.2) is 7.11 Å². The lowest BCUT2D eigenvalue weighted by Gasteiger charge is -2.11. The third kappa shape index (κ3) is 2.25. The van der Waals surface area contributed by atoms with Crippen molar-refractivity contribution in [1.29, 1.82) is 0 Å². The van der Waals surface area contributed by atoms with Gasteiger partial charge in [-0.15, -0.1) is 13.2 Å². The van der Waals surface area contributed by atoms with Crippen LogP contribution in [0, 0.1) is 0 Å². The van der Waals surface area contributed by atoms with Crippen molar-refractivity contribution >= 4 is 0 Å². The molecule has 0 fully saturated rings. The molecular formula is C13H16O. The van der Waals surface area contributed by atoms with Gasteiger partial charge in [0.1, 0.15) is 5.75 Å². The van der Waals surface area contributed by atoms with Gasteiger partial charge in [-0.2, -0.15) is 0 Å². The van der Waals surface area contributed by atoms with Gasteiger partial charge in [0, 0.05) is 0 Å². The monoisotopic (exact) mass is 188 g/mol. The van der Waals surface area contributed by atoms with Crippen molar-refractivity contribution in [3.8, 4) is 5.75 Å². The summed E-state index contributed by atoms with van der Waals surface area (Å²) in [7, 11) is 1.70. The molecular weight excluding hydrogens is 172 g/mol. The quantitative estimate of drug-likeness (QED) is 0.645. The molecule has 14 heavy (non-hydrogen) atoms. The highest BCUT2D eigenvalue weighted by Gasteiger charge is 2.05. The van der Waals surface area contributed by atoms with Gasteiger partial charge in [-0.1, -0.05) is 30.4 Å². The first-order valence-electron chi connectivity index (χ1n) is 4.70. The van der Waals surface area contributed by atoms with Gasteiger partial charge in [-0.05, 0) is 24.0 Å². The molecule has 0 atom stereocenters. The summed E-state index contributed by atoms with van der Waals surface area (Å²) in [6, 6.07) is 6.17. The second-order valence-electron chi connectivity index (χ2n) is 3.10. The predicted molar refractivity (Wildman–Crippen MR) is 60.8 cm³/mol. The molecule has 0 N–H and O–H groups in total. The lowest BCUT2D eigenvalue weighted by Crippen LogP contribution is -1.95. The van der Waals surface area contributed by atoms with E-state index in [0.717, 1.165) is 18.6 Å². The first-order valence-corrected chi connectivity index (χ1v) is 4.70. The summed E-state index contributed by atoms with van der Waals surface area (Å²) in [4.78, 5) is 0. The van der Waals surface area contributed by atoms with Gasteiger partial charge in [0.2, 0.25) is 0 Å². The molecule has 1 aromatic carbocycles. The average Bonchev–Trinajstić information content (AvgIpc) is 2.19. The van der Waals surface area contributed by atoms with Crippen molar-refractivity contribution in [3.63, 3.8) is 0 Å². The van der Waals surface area contributed by atoms with Crippen LogP contribution in [0.2, 0.25) is 0 Å². The molecule has 0 aromatic heterocycles. The third-order valence-corrected chi connectivity index (χ3v) is 2.11. The van der Waals surface area contributed by atoms with Gasteiger partial charge in [0.25, 0.3) is 0 Å². The Labute approximate surface area is 85.7 Å². The lowest BCUT2D eigenvalue weighted by molar-refractivity contribution is 0.406. The molecule has 0 heterocycles. The topological polar surface area (TPSA) is 9.23 Å². The Morgan fingerprint density at radius 3 is 2.00 bits per heavy atom. The van der Waals surface area contributed by atoms with E-state index in [1.165, 1.54) is 11.1 Å². The predicted octanol–water partition coefficient (Wildman–Crippen LogP) is 3.15. The van der Waals surface area contributed by atoms with Crippen LogP contribution < -0.4 is 4.74 Å². The number of hydrogen-bond donors (Lipinski definition) is 0. The first kappa shape index (κ1) is 10.6. The van der Waals surface area contributed by atoms with Crippen LogP contribution in [0.15, 0.2) is 43.5 Å². The van der Waals surface area contributed by atoms with Gasteiger partial charge >= 0.3 is 0 Å². The molecule has 1 nitrogen and oxygen atoms in total. The van der Waals surface area contributed by atoms with Crippen LogP contribution in [0.3, 0.4) is 0 Å². The molecule has 0 amide bonds. The van der Waals surface area contributed by atoms with Crippen molar-refractivity contribution in [1.82, 2.24) is 0 Å². The van der Waals surface area contributed by atoms with Crippen molar-refractivity contribution in [2.75, 3.05) is 7.11 Å². The van der Waals surface area contributed by atoms with Crippen LogP contribution in [0.5, 0.6) is 5.75 Å². The number of methoxy groups -OCH3 is 1. The number of rotatable bonds is 5. The molecule has 0 bridgehead atoms. The molecule has 0 saturated heterocycles. The molecule has 1 rings (SSSR count). The molecule has 0 aliphatic rings. The molecule has 74 valence electrons. The second kappa shape index (κ2) is 5.28. The van der Waals surface area contributed by atoms with E-state index in [9.17, 15) is 0 Å². The lowest BCUT2D eigenvalue weighted by atomic mass is 10.0. The summed E-state index contributed by atoms with van der Waals surface area (Å²) in [6.45, 7) is 7.46. The number of hydrogen-bond acceptors (Lipinski definition) is 1. The summed E-state index contributed by atoms with van der Waals surface area (Å²) in [5, 5.41) is 0. The summed E-state index contributed by atoms with van der Waals surface area (Å²) in [5.41, 5.74) is 2.36. The van der Waals surface area contributed by atoms with E-state index in [2.05, 4.69) is 25.3 Å². The maximum Gasteiger partial charge on any atom is 0.125 e. The van der Waals surface area contributed by atoms with Gasteiger partial charge in [-0.25, -0.2) is 0 Å². The van der Waals surface area contributed by atoms with Gasteiger partial charge < -0.3 is 4.74 Å². The fourth-order valence-corrected chi connectivity index (χ4v) is 1.53. The fourth-order valence-electron chi connectivity index (χ4n) is 1.53. The summed E-state index contributed by atoms with van der Waals surface area (Å²) in [6.07, 6.45) is 5.45. The van der Waals surface area contributed by atoms with Crippen molar-refractivity contribution in [3.05, 3.63) is 54.6 Å². The normalized spacial score (nSPS) is 9.50. The van der Waals surface area contributed by atoms with Crippen molar-refractivity contribution in [2.45, 2.75) is 12.8 Å². The molecule has 0 unspecified atom stereocenters. The van der Waals surface area contributed by atoms with Crippen LogP contribution in [0.25, 0.3) is 0 Å². The molecule has 0 aliphatic carbocycles. The number of ether oxygens (including phenoxy) is 1.